The molecule has 2 fully saturated rings. The predicted octanol–water partition coefficient (Wildman–Crippen LogP) is 4.61. The Hall–Kier alpha value is -2.27. The summed E-state index contributed by atoms with van der Waals surface area (Å²) in [4.78, 5) is 7.03. The highest BCUT2D eigenvalue weighted by atomic mass is 16.6. The van der Waals surface area contributed by atoms with Crippen LogP contribution in [-0.2, 0) is 35.5 Å². The van der Waals surface area contributed by atoms with E-state index < -0.39 is 0 Å². The number of pyridine rings is 1. The van der Waals surface area contributed by atoms with E-state index >= 15 is 0 Å². The van der Waals surface area contributed by atoms with Gasteiger partial charge in [-0.05, 0) is 68.5 Å². The molecule has 2 heterocycles. The number of fused-ring (bicyclic) bond motifs is 1. The van der Waals surface area contributed by atoms with Gasteiger partial charge in [-0.15, -0.1) is 0 Å². The van der Waals surface area contributed by atoms with Gasteiger partial charge in [-0.1, -0.05) is 18.9 Å². The van der Waals surface area contributed by atoms with Gasteiger partial charge in [0.05, 0.1) is 77.5 Å². The van der Waals surface area contributed by atoms with E-state index in [1.54, 1.807) is 24.4 Å². The van der Waals surface area contributed by atoms with Crippen molar-refractivity contribution in [3.63, 3.8) is 0 Å². The molecule has 9 nitrogen and oxygen atoms in total. The molecule has 1 N–H and O–H groups in total. The second kappa shape index (κ2) is 16.0. The quantitative estimate of drug-likeness (QED) is 0.253. The highest BCUT2D eigenvalue weighted by molar-refractivity contribution is 5.63. The molecule has 0 unspecified atom stereocenters. The molecule has 2 aromatic rings. The molecule has 0 amide bonds. The molecule has 0 spiro atoms. The van der Waals surface area contributed by atoms with Crippen molar-refractivity contribution in [1.82, 2.24) is 9.88 Å². The molecule has 1 aromatic carbocycles. The first-order valence-electron chi connectivity index (χ1n) is 15.7. The Bertz CT molecular complexity index is 1100. The Labute approximate surface area is 251 Å². The van der Waals surface area contributed by atoms with Crippen molar-refractivity contribution in [3.8, 4) is 5.75 Å². The van der Waals surface area contributed by atoms with Gasteiger partial charge in [0, 0.05) is 30.3 Å². The van der Waals surface area contributed by atoms with Crippen LogP contribution in [0.2, 0.25) is 0 Å². The van der Waals surface area contributed by atoms with Gasteiger partial charge in [-0.2, -0.15) is 0 Å². The minimum atomic E-state index is 0.349. The summed E-state index contributed by atoms with van der Waals surface area (Å²) in [5.41, 5.74) is 5.55. The third-order valence-electron chi connectivity index (χ3n) is 9.16. The van der Waals surface area contributed by atoms with Crippen LogP contribution in [0.25, 0.3) is 0 Å². The van der Waals surface area contributed by atoms with Gasteiger partial charge in [0.15, 0.2) is 0 Å². The summed E-state index contributed by atoms with van der Waals surface area (Å²) in [6.45, 7) is 6.57. The number of likely N-dealkylation sites (N-methyl/N-ethyl adjacent to an activating group) is 1. The molecule has 1 aromatic heterocycles. The molecule has 9 heteroatoms. The van der Waals surface area contributed by atoms with Crippen LogP contribution < -0.4 is 10.1 Å². The number of nitrogens with zero attached hydrogens (tertiary/aromatic N) is 2. The summed E-state index contributed by atoms with van der Waals surface area (Å²) < 4.78 is 32.8. The molecule has 5 rings (SSSR count). The van der Waals surface area contributed by atoms with Gasteiger partial charge in [-0.3, -0.25) is 4.98 Å². The number of methoxy groups -OCH3 is 1. The largest absolute Gasteiger partial charge is 0.489 e. The van der Waals surface area contributed by atoms with Crippen molar-refractivity contribution >= 4 is 11.4 Å². The third kappa shape index (κ3) is 8.01. The first-order valence-corrected chi connectivity index (χ1v) is 15.7. The molecule has 1 saturated heterocycles. The topological polar surface area (TPSA) is 83.5 Å². The highest BCUT2D eigenvalue weighted by Crippen LogP contribution is 2.55. The van der Waals surface area contributed by atoms with E-state index in [4.69, 9.17) is 28.4 Å². The average Bonchev–Trinajstić information content (AvgIpc) is 3.01. The number of hydrogen-bond donors (Lipinski definition) is 1. The number of benzene rings is 1. The fourth-order valence-corrected chi connectivity index (χ4v) is 7.13. The maximum atomic E-state index is 5.90. The van der Waals surface area contributed by atoms with Crippen LogP contribution in [0.4, 0.5) is 11.4 Å². The van der Waals surface area contributed by atoms with Crippen molar-refractivity contribution < 1.29 is 28.4 Å². The van der Waals surface area contributed by atoms with Crippen molar-refractivity contribution in [3.05, 3.63) is 47.8 Å². The number of anilines is 2. The highest BCUT2D eigenvalue weighted by Gasteiger charge is 2.53. The Morgan fingerprint density at radius 3 is 2.29 bits per heavy atom. The summed E-state index contributed by atoms with van der Waals surface area (Å²) in [6.07, 6.45) is 11.5. The Balaban J connectivity index is 1.01. The van der Waals surface area contributed by atoms with E-state index in [9.17, 15) is 0 Å². The number of rotatable bonds is 18. The van der Waals surface area contributed by atoms with Crippen molar-refractivity contribution in [1.29, 1.82) is 0 Å². The van der Waals surface area contributed by atoms with Crippen LogP contribution >= 0.6 is 0 Å². The van der Waals surface area contributed by atoms with Crippen LogP contribution in [0.5, 0.6) is 5.75 Å². The molecule has 2 bridgehead atoms. The second-order valence-corrected chi connectivity index (χ2v) is 11.7. The Morgan fingerprint density at radius 2 is 1.55 bits per heavy atom. The average molecular weight is 584 g/mol. The smallest absolute Gasteiger partial charge is 0.139 e. The predicted molar refractivity (Wildman–Crippen MR) is 163 cm³/mol. The summed E-state index contributed by atoms with van der Waals surface area (Å²) in [5.74, 6) is 1.51. The fourth-order valence-electron chi connectivity index (χ4n) is 7.13. The minimum Gasteiger partial charge on any atom is -0.489 e. The maximum Gasteiger partial charge on any atom is 0.139 e. The molecular formula is C33H49N3O6. The standard InChI is InChI=1S/C33H49N3O6/c1-36-10-9-33-8-4-3-5-30(33)32(36)21-26-6-7-27(23-31(26)33)35-28-22-29(25-34-24-28)42-20-19-41-18-17-40-16-15-39-14-13-38-12-11-37-2/h6-7,22-25,30,32,35H,3-5,8-21H2,1-2H3/t30-,32+,33+/m0/s1. The van der Waals surface area contributed by atoms with Crippen LogP contribution in [0.3, 0.4) is 0 Å². The van der Waals surface area contributed by atoms with E-state index in [1.165, 1.54) is 45.1 Å². The molecule has 1 saturated carbocycles. The summed E-state index contributed by atoms with van der Waals surface area (Å²) in [5, 5.41) is 3.60. The van der Waals surface area contributed by atoms with Gasteiger partial charge in [-0.25, -0.2) is 0 Å². The molecule has 232 valence electrons. The molecule has 42 heavy (non-hydrogen) atoms. The molecule has 3 aliphatic rings. The van der Waals surface area contributed by atoms with E-state index in [2.05, 4.69) is 40.4 Å². The van der Waals surface area contributed by atoms with Crippen molar-refractivity contribution in [2.24, 2.45) is 5.92 Å². The summed E-state index contributed by atoms with van der Waals surface area (Å²) >= 11 is 0. The number of nitrogens with one attached hydrogen (secondary N) is 1. The zero-order chi connectivity index (χ0) is 29.0. The lowest BCUT2D eigenvalue weighted by molar-refractivity contribution is -0.00979. The summed E-state index contributed by atoms with van der Waals surface area (Å²) in [6, 6.07) is 9.72. The third-order valence-corrected chi connectivity index (χ3v) is 9.16. The zero-order valence-corrected chi connectivity index (χ0v) is 25.5. The van der Waals surface area contributed by atoms with E-state index in [-0.39, 0.29) is 0 Å². The number of piperidine rings is 1. The van der Waals surface area contributed by atoms with Crippen molar-refractivity contribution in [2.75, 3.05) is 92.1 Å². The van der Waals surface area contributed by atoms with Crippen molar-refractivity contribution in [2.45, 2.75) is 50.0 Å². The molecule has 1 aliphatic heterocycles. The van der Waals surface area contributed by atoms with Crippen LogP contribution in [0, 0.1) is 5.92 Å². The molecule has 2 aliphatic carbocycles. The normalized spacial score (nSPS) is 23.3. The van der Waals surface area contributed by atoms with Crippen LogP contribution in [0.1, 0.15) is 43.2 Å². The first kappa shape index (κ1) is 31.2. The minimum absolute atomic E-state index is 0.349. The second-order valence-electron chi connectivity index (χ2n) is 11.7. The monoisotopic (exact) mass is 583 g/mol. The Morgan fingerprint density at radius 1 is 0.833 bits per heavy atom. The lowest BCUT2D eigenvalue weighted by atomic mass is 9.52. The van der Waals surface area contributed by atoms with Gasteiger partial charge in [0.25, 0.3) is 0 Å². The first-order chi connectivity index (χ1) is 20.7. The zero-order valence-electron chi connectivity index (χ0n) is 25.5. The van der Waals surface area contributed by atoms with Crippen LogP contribution in [0.15, 0.2) is 36.7 Å². The van der Waals surface area contributed by atoms with E-state index in [1.807, 2.05) is 12.3 Å². The number of aromatic nitrogens is 1. The molecule has 3 atom stereocenters. The summed E-state index contributed by atoms with van der Waals surface area (Å²) in [7, 11) is 3.99. The number of ether oxygens (including phenoxy) is 6. The van der Waals surface area contributed by atoms with E-state index in [0.29, 0.717) is 77.5 Å². The number of hydrogen-bond acceptors (Lipinski definition) is 9. The van der Waals surface area contributed by atoms with Gasteiger partial charge in [0.1, 0.15) is 12.4 Å². The number of likely N-dealkylation sites (tertiary alicyclic amines) is 1. The molecule has 0 radical (unpaired) electrons. The van der Waals surface area contributed by atoms with Gasteiger partial charge >= 0.3 is 0 Å². The maximum absolute atomic E-state index is 5.90. The SMILES string of the molecule is COCCOCCOCCOCCOCCOc1cncc(Nc2ccc3c(c2)[C@@]24CCCC[C@H]2[C@@H](C3)N(C)CC4)c1. The van der Waals surface area contributed by atoms with Gasteiger partial charge in [0.2, 0.25) is 0 Å². The fraction of sp³-hybridized carbons (Fsp3) is 0.667. The molecular weight excluding hydrogens is 534 g/mol. The Kier molecular flexibility index (Phi) is 11.9. The lowest BCUT2D eigenvalue weighted by Gasteiger charge is -2.58. The van der Waals surface area contributed by atoms with E-state index in [0.717, 1.165) is 23.0 Å². The van der Waals surface area contributed by atoms with Crippen LogP contribution in [-0.4, -0.2) is 103 Å². The lowest BCUT2D eigenvalue weighted by Crippen LogP contribution is -2.59. The van der Waals surface area contributed by atoms with Gasteiger partial charge < -0.3 is 38.6 Å².